The number of ether oxygens (including phenoxy) is 1. The Hall–Kier alpha value is -0.0100. The van der Waals surface area contributed by atoms with Gasteiger partial charge < -0.3 is 4.74 Å². The first kappa shape index (κ1) is 11.0. The van der Waals surface area contributed by atoms with Crippen LogP contribution in [0.5, 0.6) is 0 Å². The van der Waals surface area contributed by atoms with Crippen LogP contribution in [0.2, 0.25) is 0 Å². The van der Waals surface area contributed by atoms with Crippen molar-refractivity contribution in [2.24, 2.45) is 5.92 Å². The van der Waals surface area contributed by atoms with Gasteiger partial charge in [0, 0.05) is 18.4 Å². The molecule has 0 aliphatic rings. The largest absolute Gasteiger partial charge is 0.374 e. The van der Waals surface area contributed by atoms with Gasteiger partial charge in [-0.1, -0.05) is 13.0 Å². The van der Waals surface area contributed by atoms with E-state index in [4.69, 9.17) is 16.3 Å². The standard InChI is InChI=1S/C9H17ClO/c1-6-9(4,11-5)7(2)8(3)10/h6-8H,1H2,2-5H3/t7-,8?,9+/m0/s1. The molecular weight excluding hydrogens is 160 g/mol. The quantitative estimate of drug-likeness (QED) is 0.473. The van der Waals surface area contributed by atoms with Gasteiger partial charge in [0.05, 0.1) is 5.60 Å². The van der Waals surface area contributed by atoms with Gasteiger partial charge in [0.25, 0.3) is 0 Å². The molecule has 0 aromatic carbocycles. The summed E-state index contributed by atoms with van der Waals surface area (Å²) in [7, 11) is 1.68. The van der Waals surface area contributed by atoms with E-state index >= 15 is 0 Å². The second kappa shape index (κ2) is 4.13. The average molecular weight is 177 g/mol. The number of rotatable bonds is 4. The van der Waals surface area contributed by atoms with Crippen LogP contribution in [0, 0.1) is 5.92 Å². The molecule has 0 spiro atoms. The van der Waals surface area contributed by atoms with E-state index in [1.807, 2.05) is 13.8 Å². The molecule has 0 aliphatic heterocycles. The number of hydrogen-bond acceptors (Lipinski definition) is 1. The van der Waals surface area contributed by atoms with E-state index in [-0.39, 0.29) is 16.9 Å². The van der Waals surface area contributed by atoms with Crippen LogP contribution in [0.3, 0.4) is 0 Å². The summed E-state index contributed by atoms with van der Waals surface area (Å²) in [5.74, 6) is 0.270. The fourth-order valence-corrected chi connectivity index (χ4v) is 1.16. The molecule has 0 bridgehead atoms. The summed E-state index contributed by atoms with van der Waals surface area (Å²) < 4.78 is 5.31. The topological polar surface area (TPSA) is 9.23 Å². The highest BCUT2D eigenvalue weighted by atomic mass is 35.5. The molecule has 1 nitrogen and oxygen atoms in total. The molecule has 2 heteroatoms. The Morgan fingerprint density at radius 3 is 2.09 bits per heavy atom. The first-order valence-electron chi connectivity index (χ1n) is 3.80. The molecule has 11 heavy (non-hydrogen) atoms. The normalized spacial score (nSPS) is 21.9. The molecule has 3 atom stereocenters. The molecule has 0 radical (unpaired) electrons. The molecule has 0 amide bonds. The lowest BCUT2D eigenvalue weighted by atomic mass is 9.88. The summed E-state index contributed by atoms with van der Waals surface area (Å²) in [5, 5.41) is 0.0953. The summed E-state index contributed by atoms with van der Waals surface area (Å²) >= 11 is 5.94. The van der Waals surface area contributed by atoms with Crippen molar-refractivity contribution in [3.8, 4) is 0 Å². The van der Waals surface area contributed by atoms with Crippen LogP contribution in [-0.2, 0) is 4.74 Å². The number of alkyl halides is 1. The van der Waals surface area contributed by atoms with E-state index in [0.29, 0.717) is 0 Å². The fourth-order valence-electron chi connectivity index (χ4n) is 0.911. The average Bonchev–Trinajstić information content (AvgIpc) is 2.01. The lowest BCUT2D eigenvalue weighted by Gasteiger charge is -2.32. The van der Waals surface area contributed by atoms with E-state index < -0.39 is 0 Å². The Bertz CT molecular complexity index is 134. The highest BCUT2D eigenvalue weighted by Gasteiger charge is 2.30. The van der Waals surface area contributed by atoms with Crippen molar-refractivity contribution >= 4 is 11.6 Å². The molecule has 0 aromatic rings. The van der Waals surface area contributed by atoms with E-state index in [0.717, 1.165) is 0 Å². The van der Waals surface area contributed by atoms with Crippen LogP contribution in [0.1, 0.15) is 20.8 Å². The first-order valence-corrected chi connectivity index (χ1v) is 4.24. The molecule has 0 N–H and O–H groups in total. The van der Waals surface area contributed by atoms with E-state index in [9.17, 15) is 0 Å². The lowest BCUT2D eigenvalue weighted by Crippen LogP contribution is -2.36. The van der Waals surface area contributed by atoms with Gasteiger partial charge in [-0.2, -0.15) is 0 Å². The van der Waals surface area contributed by atoms with Crippen LogP contribution in [0.4, 0.5) is 0 Å². The molecule has 0 aliphatic carbocycles. The molecule has 0 heterocycles. The molecule has 0 aromatic heterocycles. The summed E-state index contributed by atoms with van der Waals surface area (Å²) in [4.78, 5) is 0. The predicted octanol–water partition coefficient (Wildman–Crippen LogP) is 2.84. The molecular formula is C9H17ClO. The van der Waals surface area contributed by atoms with Crippen LogP contribution < -0.4 is 0 Å². The minimum Gasteiger partial charge on any atom is -0.374 e. The van der Waals surface area contributed by atoms with Crippen molar-refractivity contribution in [3.05, 3.63) is 12.7 Å². The van der Waals surface area contributed by atoms with Crippen molar-refractivity contribution < 1.29 is 4.74 Å². The summed E-state index contributed by atoms with van der Waals surface area (Å²) in [6.07, 6.45) is 1.80. The summed E-state index contributed by atoms with van der Waals surface area (Å²) in [5.41, 5.74) is -0.304. The number of hydrogen-bond donors (Lipinski definition) is 0. The second-order valence-electron chi connectivity index (χ2n) is 3.06. The maximum atomic E-state index is 5.94. The SMILES string of the molecule is C=C[C@@](C)(OC)[C@@H](C)C(C)Cl. The minimum atomic E-state index is -0.304. The Labute approximate surface area is 74.4 Å². The first-order chi connectivity index (χ1) is 4.98. The number of halogens is 1. The smallest absolute Gasteiger partial charge is 0.0867 e. The second-order valence-corrected chi connectivity index (χ2v) is 3.75. The maximum Gasteiger partial charge on any atom is 0.0867 e. The Morgan fingerprint density at radius 1 is 1.55 bits per heavy atom. The fraction of sp³-hybridized carbons (Fsp3) is 0.778. The molecule has 0 rings (SSSR count). The molecule has 0 saturated carbocycles. The van der Waals surface area contributed by atoms with E-state index in [2.05, 4.69) is 13.5 Å². The van der Waals surface area contributed by atoms with Gasteiger partial charge in [-0.05, 0) is 13.8 Å². The Kier molecular flexibility index (Phi) is 4.12. The van der Waals surface area contributed by atoms with Gasteiger partial charge in [-0.25, -0.2) is 0 Å². The van der Waals surface area contributed by atoms with Gasteiger partial charge in [0.1, 0.15) is 0 Å². The highest BCUT2D eigenvalue weighted by molar-refractivity contribution is 6.20. The van der Waals surface area contributed by atoms with Crippen molar-refractivity contribution in [1.29, 1.82) is 0 Å². The zero-order valence-electron chi connectivity index (χ0n) is 7.73. The predicted molar refractivity (Wildman–Crippen MR) is 50.1 cm³/mol. The van der Waals surface area contributed by atoms with Crippen molar-refractivity contribution in [2.45, 2.75) is 31.7 Å². The molecule has 66 valence electrons. The van der Waals surface area contributed by atoms with Gasteiger partial charge in [-0.3, -0.25) is 0 Å². The van der Waals surface area contributed by atoms with E-state index in [1.165, 1.54) is 0 Å². The molecule has 0 fully saturated rings. The maximum absolute atomic E-state index is 5.94. The van der Waals surface area contributed by atoms with Crippen LogP contribution >= 0.6 is 11.6 Å². The monoisotopic (exact) mass is 176 g/mol. The van der Waals surface area contributed by atoms with E-state index in [1.54, 1.807) is 13.2 Å². The zero-order valence-corrected chi connectivity index (χ0v) is 8.48. The van der Waals surface area contributed by atoms with Crippen LogP contribution in [0.15, 0.2) is 12.7 Å². The van der Waals surface area contributed by atoms with Gasteiger partial charge >= 0.3 is 0 Å². The van der Waals surface area contributed by atoms with Gasteiger partial charge in [-0.15, -0.1) is 18.2 Å². The van der Waals surface area contributed by atoms with Crippen molar-refractivity contribution in [1.82, 2.24) is 0 Å². The summed E-state index contributed by atoms with van der Waals surface area (Å²) in [6.45, 7) is 9.74. The van der Waals surface area contributed by atoms with Crippen molar-refractivity contribution in [2.75, 3.05) is 7.11 Å². The third-order valence-corrected chi connectivity index (χ3v) is 2.82. The third kappa shape index (κ3) is 2.49. The Morgan fingerprint density at radius 2 is 2.00 bits per heavy atom. The van der Waals surface area contributed by atoms with Crippen LogP contribution in [-0.4, -0.2) is 18.1 Å². The Balaban J connectivity index is 4.36. The summed E-state index contributed by atoms with van der Waals surface area (Å²) in [6, 6.07) is 0. The van der Waals surface area contributed by atoms with Crippen molar-refractivity contribution in [3.63, 3.8) is 0 Å². The molecule has 1 unspecified atom stereocenters. The van der Waals surface area contributed by atoms with Gasteiger partial charge in [0.2, 0.25) is 0 Å². The lowest BCUT2D eigenvalue weighted by molar-refractivity contribution is 0.00421. The zero-order chi connectivity index (χ0) is 9.07. The highest BCUT2D eigenvalue weighted by Crippen LogP contribution is 2.27. The van der Waals surface area contributed by atoms with Gasteiger partial charge in [0.15, 0.2) is 0 Å². The van der Waals surface area contributed by atoms with Crippen LogP contribution in [0.25, 0.3) is 0 Å². The number of methoxy groups -OCH3 is 1. The third-order valence-electron chi connectivity index (χ3n) is 2.44. The molecule has 0 saturated heterocycles. The minimum absolute atomic E-state index is 0.0953.